The van der Waals surface area contributed by atoms with E-state index in [1.165, 1.54) is 0 Å². The average molecular weight is 447 g/mol. The van der Waals surface area contributed by atoms with Crippen molar-refractivity contribution in [1.29, 1.82) is 0 Å². The molecule has 1 N–H and O–H groups in total. The van der Waals surface area contributed by atoms with Crippen molar-refractivity contribution in [3.05, 3.63) is 69.8 Å². The maximum absolute atomic E-state index is 13.0. The lowest BCUT2D eigenvalue weighted by Gasteiger charge is -2.19. The first-order valence-electron chi connectivity index (χ1n) is 11.8. The third kappa shape index (κ3) is 4.82. The van der Waals surface area contributed by atoms with Crippen LogP contribution < -0.4 is 10.9 Å². The van der Waals surface area contributed by atoms with Gasteiger partial charge in [0, 0.05) is 42.9 Å². The molecule has 0 atom stereocenters. The highest BCUT2D eigenvalue weighted by Gasteiger charge is 2.16. The number of aryl methyl sites for hydroxylation is 1. The van der Waals surface area contributed by atoms with Gasteiger partial charge in [-0.05, 0) is 63.1 Å². The van der Waals surface area contributed by atoms with E-state index in [0.717, 1.165) is 37.9 Å². The number of nitrogens with zero attached hydrogens (tertiary/aromatic N) is 3. The summed E-state index contributed by atoms with van der Waals surface area (Å²) in [6, 6.07) is 12.0. The van der Waals surface area contributed by atoms with E-state index in [-0.39, 0.29) is 17.4 Å². The van der Waals surface area contributed by atoms with Crippen molar-refractivity contribution in [1.82, 2.24) is 14.5 Å². The standard InChI is InChI=1S/C26H30N4O3/c1-3-29(4-2)25(32)19-10-9-11-20(16-19)27-24(31)18-13-14-21-22(17-18)28-23-12-7-5-6-8-15-30(23)26(21)33/h9-11,13-14,16-17H,3-8,12,15H2,1-2H3,(H,27,31). The number of anilines is 1. The zero-order chi connectivity index (χ0) is 23.4. The van der Waals surface area contributed by atoms with Gasteiger partial charge < -0.3 is 10.2 Å². The van der Waals surface area contributed by atoms with Crippen molar-refractivity contribution >= 4 is 28.4 Å². The van der Waals surface area contributed by atoms with E-state index in [4.69, 9.17) is 4.98 Å². The van der Waals surface area contributed by atoms with E-state index in [0.29, 0.717) is 47.4 Å². The lowest BCUT2D eigenvalue weighted by atomic mass is 10.1. The molecule has 2 aromatic carbocycles. The summed E-state index contributed by atoms with van der Waals surface area (Å²) in [7, 11) is 0. The third-order valence-corrected chi connectivity index (χ3v) is 6.25. The summed E-state index contributed by atoms with van der Waals surface area (Å²) >= 11 is 0. The molecule has 1 aliphatic rings. The fraction of sp³-hybridized carbons (Fsp3) is 0.385. The minimum atomic E-state index is -0.307. The van der Waals surface area contributed by atoms with Crippen LogP contribution in [0.1, 0.15) is 66.1 Å². The average Bonchev–Trinajstić information content (AvgIpc) is 2.81. The number of carbonyl (C=O) groups excluding carboxylic acids is 2. The molecule has 172 valence electrons. The van der Waals surface area contributed by atoms with E-state index in [1.807, 2.05) is 13.8 Å². The van der Waals surface area contributed by atoms with Crippen molar-refractivity contribution in [2.24, 2.45) is 0 Å². The second-order valence-corrected chi connectivity index (χ2v) is 8.39. The van der Waals surface area contributed by atoms with Crippen LogP contribution in [0.25, 0.3) is 10.9 Å². The fourth-order valence-corrected chi connectivity index (χ4v) is 4.36. The van der Waals surface area contributed by atoms with Crippen molar-refractivity contribution in [2.75, 3.05) is 18.4 Å². The number of nitrogens with one attached hydrogen (secondary N) is 1. The van der Waals surface area contributed by atoms with Crippen LogP contribution in [0, 0.1) is 0 Å². The van der Waals surface area contributed by atoms with Gasteiger partial charge in [0.05, 0.1) is 10.9 Å². The van der Waals surface area contributed by atoms with Gasteiger partial charge in [0.2, 0.25) is 0 Å². The first kappa shape index (κ1) is 22.7. The van der Waals surface area contributed by atoms with E-state index in [2.05, 4.69) is 5.32 Å². The second-order valence-electron chi connectivity index (χ2n) is 8.39. The number of aromatic nitrogens is 2. The van der Waals surface area contributed by atoms with Gasteiger partial charge in [0.1, 0.15) is 5.82 Å². The molecule has 0 aliphatic carbocycles. The lowest BCUT2D eigenvalue weighted by Crippen LogP contribution is -2.30. The molecule has 0 radical (unpaired) electrons. The van der Waals surface area contributed by atoms with Crippen LogP contribution in [-0.2, 0) is 13.0 Å². The van der Waals surface area contributed by atoms with Gasteiger partial charge >= 0.3 is 0 Å². The van der Waals surface area contributed by atoms with Crippen LogP contribution in [0.3, 0.4) is 0 Å². The monoisotopic (exact) mass is 446 g/mol. The third-order valence-electron chi connectivity index (χ3n) is 6.25. The van der Waals surface area contributed by atoms with Crippen molar-refractivity contribution in [2.45, 2.75) is 52.5 Å². The van der Waals surface area contributed by atoms with Crippen molar-refractivity contribution in [3.63, 3.8) is 0 Å². The normalized spacial score (nSPS) is 13.6. The van der Waals surface area contributed by atoms with Gasteiger partial charge in [-0.25, -0.2) is 4.98 Å². The molecule has 0 fully saturated rings. The number of fused-ring (bicyclic) bond motifs is 2. The Kier molecular flexibility index (Phi) is 6.87. The maximum Gasteiger partial charge on any atom is 0.261 e. The van der Waals surface area contributed by atoms with Crippen molar-refractivity contribution < 1.29 is 9.59 Å². The molecule has 2 heterocycles. The summed E-state index contributed by atoms with van der Waals surface area (Å²) in [5.74, 6) is 0.424. The van der Waals surface area contributed by atoms with Crippen LogP contribution >= 0.6 is 0 Å². The van der Waals surface area contributed by atoms with E-state index < -0.39 is 0 Å². The molecule has 2 amide bonds. The minimum Gasteiger partial charge on any atom is -0.339 e. The Labute approximate surface area is 193 Å². The van der Waals surface area contributed by atoms with Gasteiger partial charge in [0.25, 0.3) is 17.4 Å². The molecule has 0 unspecified atom stereocenters. The topological polar surface area (TPSA) is 84.3 Å². The highest BCUT2D eigenvalue weighted by molar-refractivity contribution is 6.06. The number of hydrogen-bond acceptors (Lipinski definition) is 4. The van der Waals surface area contributed by atoms with Gasteiger partial charge in [-0.1, -0.05) is 18.9 Å². The molecule has 1 aromatic heterocycles. The number of hydrogen-bond donors (Lipinski definition) is 1. The zero-order valence-corrected chi connectivity index (χ0v) is 19.3. The van der Waals surface area contributed by atoms with Crippen LogP contribution in [0.5, 0.6) is 0 Å². The summed E-state index contributed by atoms with van der Waals surface area (Å²) in [4.78, 5) is 45.0. The number of rotatable bonds is 5. The molecule has 1 aliphatic heterocycles. The summed E-state index contributed by atoms with van der Waals surface area (Å²) in [5, 5.41) is 3.40. The van der Waals surface area contributed by atoms with Gasteiger partial charge in [-0.15, -0.1) is 0 Å². The Bertz CT molecular complexity index is 1240. The van der Waals surface area contributed by atoms with Crippen LogP contribution in [0.4, 0.5) is 5.69 Å². The molecule has 0 saturated heterocycles. The first-order valence-corrected chi connectivity index (χ1v) is 11.8. The SMILES string of the molecule is CCN(CC)C(=O)c1cccc(NC(=O)c2ccc3c(=O)n4c(nc3c2)CCCCCC4)c1. The highest BCUT2D eigenvalue weighted by atomic mass is 16.2. The summed E-state index contributed by atoms with van der Waals surface area (Å²) in [6.07, 6.45) is 5.04. The van der Waals surface area contributed by atoms with Crippen molar-refractivity contribution in [3.8, 4) is 0 Å². The van der Waals surface area contributed by atoms with E-state index in [1.54, 1.807) is 51.9 Å². The minimum absolute atomic E-state index is 0.0357. The Hall–Kier alpha value is -3.48. The van der Waals surface area contributed by atoms with Crippen LogP contribution in [-0.4, -0.2) is 39.4 Å². The van der Waals surface area contributed by atoms with E-state index >= 15 is 0 Å². The predicted molar refractivity (Wildman–Crippen MR) is 130 cm³/mol. The summed E-state index contributed by atoms with van der Waals surface area (Å²) in [6.45, 7) is 5.82. The lowest BCUT2D eigenvalue weighted by molar-refractivity contribution is 0.0772. The molecule has 4 rings (SSSR count). The fourth-order valence-electron chi connectivity index (χ4n) is 4.36. The molecule has 3 aromatic rings. The predicted octanol–water partition coefficient (Wildman–Crippen LogP) is 4.25. The molecule has 0 saturated carbocycles. The molecular formula is C26H30N4O3. The smallest absolute Gasteiger partial charge is 0.261 e. The summed E-state index contributed by atoms with van der Waals surface area (Å²) < 4.78 is 1.79. The highest BCUT2D eigenvalue weighted by Crippen LogP contribution is 2.18. The molecule has 0 bridgehead atoms. The quantitative estimate of drug-likeness (QED) is 0.635. The Morgan fingerprint density at radius 1 is 1.00 bits per heavy atom. The molecule has 7 heteroatoms. The largest absolute Gasteiger partial charge is 0.339 e. The number of carbonyl (C=O) groups is 2. The zero-order valence-electron chi connectivity index (χ0n) is 19.3. The molecule has 0 spiro atoms. The Morgan fingerprint density at radius 2 is 1.79 bits per heavy atom. The van der Waals surface area contributed by atoms with Gasteiger partial charge in [-0.3, -0.25) is 19.0 Å². The second kappa shape index (κ2) is 9.98. The molecule has 33 heavy (non-hydrogen) atoms. The van der Waals surface area contributed by atoms with Gasteiger partial charge in [-0.2, -0.15) is 0 Å². The molecular weight excluding hydrogens is 416 g/mol. The van der Waals surface area contributed by atoms with Gasteiger partial charge in [0.15, 0.2) is 0 Å². The number of amides is 2. The summed E-state index contributed by atoms with van der Waals surface area (Å²) in [5.41, 5.74) is 2.01. The van der Waals surface area contributed by atoms with Crippen LogP contribution in [0.2, 0.25) is 0 Å². The van der Waals surface area contributed by atoms with Crippen LogP contribution in [0.15, 0.2) is 47.3 Å². The first-order chi connectivity index (χ1) is 16.0. The maximum atomic E-state index is 13.0. The Morgan fingerprint density at radius 3 is 2.58 bits per heavy atom. The van der Waals surface area contributed by atoms with E-state index in [9.17, 15) is 14.4 Å². The molecule has 7 nitrogen and oxygen atoms in total. The number of benzene rings is 2. The Balaban J connectivity index is 1.60.